The minimum atomic E-state index is -4.32. The molecule has 1 N–H and O–H groups in total. The van der Waals surface area contributed by atoms with Crippen molar-refractivity contribution < 1.29 is 13.2 Å². The normalized spacial score (nSPS) is 23.6. The lowest BCUT2D eigenvalue weighted by molar-refractivity contribution is -0.137. The summed E-state index contributed by atoms with van der Waals surface area (Å²) >= 11 is 3.25. The molecule has 0 amide bonds. The first-order valence-electron chi connectivity index (χ1n) is 7.05. The zero-order valence-electron chi connectivity index (χ0n) is 11.4. The number of alkyl halides is 3. The van der Waals surface area contributed by atoms with Crippen molar-refractivity contribution in [2.45, 2.75) is 51.2 Å². The second kappa shape index (κ2) is 6.37. The third-order valence-corrected chi connectivity index (χ3v) is 4.55. The summed E-state index contributed by atoms with van der Waals surface area (Å²) < 4.78 is 39.8. The Kier molecular flexibility index (Phi) is 4.99. The highest BCUT2D eigenvalue weighted by Crippen LogP contribution is 2.38. The van der Waals surface area contributed by atoms with E-state index in [0.29, 0.717) is 10.4 Å². The number of hydrogen-bond acceptors (Lipinski definition) is 1. The SMILES string of the molecule is CCC1CCCCC1Nc1cc(Br)ccc1C(F)(F)F. The van der Waals surface area contributed by atoms with Crippen LogP contribution >= 0.6 is 15.9 Å². The molecule has 0 aromatic heterocycles. The first-order chi connectivity index (χ1) is 9.41. The number of nitrogens with one attached hydrogen (secondary N) is 1. The van der Waals surface area contributed by atoms with Gasteiger partial charge in [0.25, 0.3) is 0 Å². The van der Waals surface area contributed by atoms with Crippen LogP contribution < -0.4 is 5.32 Å². The van der Waals surface area contributed by atoms with E-state index in [0.717, 1.165) is 31.7 Å². The molecule has 0 aliphatic heterocycles. The Morgan fingerprint density at radius 1 is 1.25 bits per heavy atom. The van der Waals surface area contributed by atoms with Gasteiger partial charge in [-0.2, -0.15) is 13.2 Å². The molecule has 1 nitrogen and oxygen atoms in total. The van der Waals surface area contributed by atoms with Crippen molar-refractivity contribution in [3.63, 3.8) is 0 Å². The van der Waals surface area contributed by atoms with Gasteiger partial charge in [0.2, 0.25) is 0 Å². The van der Waals surface area contributed by atoms with Crippen LogP contribution in [0.1, 0.15) is 44.6 Å². The molecule has 1 aromatic carbocycles. The van der Waals surface area contributed by atoms with E-state index in [1.807, 2.05) is 0 Å². The maximum Gasteiger partial charge on any atom is 0.418 e. The minimum Gasteiger partial charge on any atom is -0.382 e. The van der Waals surface area contributed by atoms with Gasteiger partial charge in [-0.1, -0.05) is 42.1 Å². The third kappa shape index (κ3) is 3.68. The monoisotopic (exact) mass is 349 g/mol. The van der Waals surface area contributed by atoms with Gasteiger partial charge in [0.1, 0.15) is 0 Å². The summed E-state index contributed by atoms with van der Waals surface area (Å²) in [5, 5.41) is 3.15. The second-order valence-electron chi connectivity index (χ2n) is 5.39. The number of anilines is 1. The van der Waals surface area contributed by atoms with E-state index >= 15 is 0 Å². The first-order valence-corrected chi connectivity index (χ1v) is 7.84. The van der Waals surface area contributed by atoms with E-state index in [1.165, 1.54) is 18.6 Å². The van der Waals surface area contributed by atoms with E-state index in [9.17, 15) is 13.2 Å². The summed E-state index contributed by atoms with van der Waals surface area (Å²) in [6.07, 6.45) is 1.00. The summed E-state index contributed by atoms with van der Waals surface area (Å²) in [6, 6.07) is 4.25. The highest BCUT2D eigenvalue weighted by atomic mass is 79.9. The highest BCUT2D eigenvalue weighted by molar-refractivity contribution is 9.10. The van der Waals surface area contributed by atoms with Crippen molar-refractivity contribution in [3.8, 4) is 0 Å². The van der Waals surface area contributed by atoms with Crippen LogP contribution in [-0.2, 0) is 6.18 Å². The van der Waals surface area contributed by atoms with Gasteiger partial charge in [0, 0.05) is 16.2 Å². The lowest BCUT2D eigenvalue weighted by Gasteiger charge is -2.33. The predicted octanol–water partition coefficient (Wildman–Crippen LogP) is 5.85. The molecule has 1 aliphatic rings. The van der Waals surface area contributed by atoms with Gasteiger partial charge in [-0.3, -0.25) is 0 Å². The Hall–Kier alpha value is -0.710. The van der Waals surface area contributed by atoms with Crippen LogP contribution in [0.5, 0.6) is 0 Å². The van der Waals surface area contributed by atoms with E-state index in [-0.39, 0.29) is 11.7 Å². The van der Waals surface area contributed by atoms with E-state index in [4.69, 9.17) is 0 Å². The van der Waals surface area contributed by atoms with E-state index < -0.39 is 11.7 Å². The van der Waals surface area contributed by atoms with Crippen molar-refractivity contribution >= 4 is 21.6 Å². The molecular weight excluding hydrogens is 331 g/mol. The minimum absolute atomic E-state index is 0.143. The molecule has 0 heterocycles. The fraction of sp³-hybridized carbons (Fsp3) is 0.600. The first kappa shape index (κ1) is 15.7. The Balaban J connectivity index is 2.25. The van der Waals surface area contributed by atoms with Crippen molar-refractivity contribution in [3.05, 3.63) is 28.2 Å². The summed E-state index contributed by atoms with van der Waals surface area (Å²) in [5.74, 6) is 0.462. The van der Waals surface area contributed by atoms with Crippen LogP contribution in [0.25, 0.3) is 0 Å². The van der Waals surface area contributed by atoms with Gasteiger partial charge in [0.05, 0.1) is 5.56 Å². The summed E-state index contributed by atoms with van der Waals surface area (Å²) in [7, 11) is 0. The second-order valence-corrected chi connectivity index (χ2v) is 6.31. The van der Waals surface area contributed by atoms with Gasteiger partial charge in [-0.05, 0) is 37.0 Å². The molecule has 2 rings (SSSR count). The molecule has 0 spiro atoms. The molecule has 1 fully saturated rings. The quantitative estimate of drug-likeness (QED) is 0.721. The van der Waals surface area contributed by atoms with Gasteiger partial charge >= 0.3 is 6.18 Å². The Morgan fingerprint density at radius 2 is 1.95 bits per heavy atom. The van der Waals surface area contributed by atoms with Crippen molar-refractivity contribution in [1.29, 1.82) is 0 Å². The van der Waals surface area contributed by atoms with E-state index in [2.05, 4.69) is 28.2 Å². The average molecular weight is 350 g/mol. The molecule has 112 valence electrons. The molecule has 0 saturated heterocycles. The zero-order chi connectivity index (χ0) is 14.8. The van der Waals surface area contributed by atoms with E-state index in [1.54, 1.807) is 0 Å². The molecule has 1 aliphatic carbocycles. The average Bonchev–Trinajstić information content (AvgIpc) is 2.38. The predicted molar refractivity (Wildman–Crippen MR) is 78.8 cm³/mol. The largest absolute Gasteiger partial charge is 0.418 e. The fourth-order valence-corrected chi connectivity index (χ4v) is 3.33. The summed E-state index contributed by atoms with van der Waals surface area (Å²) in [4.78, 5) is 0. The van der Waals surface area contributed by atoms with Crippen LogP contribution in [0.3, 0.4) is 0 Å². The highest BCUT2D eigenvalue weighted by Gasteiger charge is 2.34. The lowest BCUT2D eigenvalue weighted by atomic mass is 9.82. The Bertz CT molecular complexity index is 459. The molecule has 0 bridgehead atoms. The molecule has 0 radical (unpaired) electrons. The summed E-state index contributed by atoms with van der Waals surface area (Å²) in [6.45, 7) is 2.11. The fourth-order valence-electron chi connectivity index (χ4n) is 2.97. The molecule has 2 atom stereocenters. The number of hydrogen-bond donors (Lipinski definition) is 1. The van der Waals surface area contributed by atoms with Crippen molar-refractivity contribution in [2.75, 3.05) is 5.32 Å². The Morgan fingerprint density at radius 3 is 2.60 bits per heavy atom. The summed E-state index contributed by atoms with van der Waals surface area (Å²) in [5.41, 5.74) is -0.390. The maximum atomic E-state index is 13.1. The van der Waals surface area contributed by atoms with Crippen LogP contribution in [-0.4, -0.2) is 6.04 Å². The number of halogens is 4. The smallest absolute Gasteiger partial charge is 0.382 e. The van der Waals surface area contributed by atoms with Gasteiger partial charge < -0.3 is 5.32 Å². The standard InChI is InChI=1S/C15H19BrF3N/c1-2-10-5-3-4-6-13(10)20-14-9-11(16)7-8-12(14)15(17,18)19/h7-10,13,20H,2-6H2,1H3. The molecule has 2 unspecified atom stereocenters. The molecule has 1 aromatic rings. The van der Waals surface area contributed by atoms with Gasteiger partial charge in [-0.15, -0.1) is 0 Å². The molecular formula is C15H19BrF3N. The van der Waals surface area contributed by atoms with Crippen LogP contribution in [0, 0.1) is 5.92 Å². The number of benzene rings is 1. The van der Waals surface area contributed by atoms with Crippen molar-refractivity contribution in [1.82, 2.24) is 0 Å². The molecule has 5 heteroatoms. The van der Waals surface area contributed by atoms with Crippen LogP contribution in [0.4, 0.5) is 18.9 Å². The van der Waals surface area contributed by atoms with Crippen LogP contribution in [0.15, 0.2) is 22.7 Å². The third-order valence-electron chi connectivity index (χ3n) is 4.06. The molecule has 20 heavy (non-hydrogen) atoms. The van der Waals surface area contributed by atoms with Gasteiger partial charge in [-0.25, -0.2) is 0 Å². The van der Waals surface area contributed by atoms with Gasteiger partial charge in [0.15, 0.2) is 0 Å². The van der Waals surface area contributed by atoms with Crippen LogP contribution in [0.2, 0.25) is 0 Å². The zero-order valence-corrected chi connectivity index (χ0v) is 13.0. The van der Waals surface area contributed by atoms with Crippen molar-refractivity contribution in [2.24, 2.45) is 5.92 Å². The molecule has 1 saturated carbocycles. The maximum absolute atomic E-state index is 13.1. The lowest BCUT2D eigenvalue weighted by Crippen LogP contribution is -2.32. The number of rotatable bonds is 3. The topological polar surface area (TPSA) is 12.0 Å². The Labute approximate surface area is 126 Å².